The van der Waals surface area contributed by atoms with Gasteiger partial charge in [0, 0.05) is 29.8 Å². The maximum atomic E-state index is 13.4. The van der Waals surface area contributed by atoms with Crippen LogP contribution in [-0.4, -0.2) is 34.2 Å². The second-order valence-corrected chi connectivity index (χ2v) is 8.83. The molecule has 2 aliphatic rings. The number of aromatic nitrogens is 2. The smallest absolute Gasteiger partial charge is 0.209 e. The number of amides is 1. The average molecular weight is 411 g/mol. The van der Waals surface area contributed by atoms with Gasteiger partial charge in [-0.3, -0.25) is 4.79 Å². The minimum Gasteiger partial charge on any atom is -0.344 e. The number of halogens is 1. The molecule has 1 aliphatic heterocycles. The fraction of sp³-hybridized carbons (Fsp3) is 0.231. The first-order valence-electron chi connectivity index (χ1n) is 10.6. The molecule has 154 valence electrons. The molecule has 0 radical (unpaired) electrons. The molecule has 3 aromatic carbocycles. The van der Waals surface area contributed by atoms with Crippen LogP contribution in [0.1, 0.15) is 22.6 Å². The largest absolute Gasteiger partial charge is 0.344 e. The number of piperidine rings is 1. The van der Waals surface area contributed by atoms with Crippen LogP contribution >= 0.6 is 0 Å². The number of hydrogen-bond donors (Lipinski definition) is 0. The molecule has 4 nitrogen and oxygen atoms in total. The highest BCUT2D eigenvalue weighted by Gasteiger charge is 2.70. The molecule has 5 heteroatoms. The summed E-state index contributed by atoms with van der Waals surface area (Å²) in [6.45, 7) is 3.70. The van der Waals surface area contributed by atoms with E-state index in [-0.39, 0.29) is 11.2 Å². The van der Waals surface area contributed by atoms with Crippen molar-refractivity contribution in [2.45, 2.75) is 18.3 Å². The van der Waals surface area contributed by atoms with E-state index in [9.17, 15) is 9.18 Å². The Morgan fingerprint density at radius 2 is 1.87 bits per heavy atom. The molecule has 31 heavy (non-hydrogen) atoms. The number of carbonyl (C=O) groups excluding carboxylic acids is 1. The van der Waals surface area contributed by atoms with Crippen molar-refractivity contribution in [3.8, 4) is 5.69 Å². The highest BCUT2D eigenvalue weighted by Crippen LogP contribution is 2.69. The van der Waals surface area contributed by atoms with Gasteiger partial charge in [-0.25, -0.2) is 9.07 Å². The fourth-order valence-electron chi connectivity index (χ4n) is 5.85. The first-order chi connectivity index (χ1) is 15.1. The summed E-state index contributed by atoms with van der Waals surface area (Å²) in [6, 6.07) is 21.5. The molecule has 6 rings (SSSR count). The second kappa shape index (κ2) is 6.51. The van der Waals surface area contributed by atoms with E-state index >= 15 is 0 Å². The van der Waals surface area contributed by atoms with Gasteiger partial charge in [0.15, 0.2) is 0 Å². The number of rotatable bonds is 4. The van der Waals surface area contributed by atoms with Crippen molar-refractivity contribution in [3.63, 3.8) is 0 Å². The summed E-state index contributed by atoms with van der Waals surface area (Å²) < 4.78 is 15.2. The Hall–Kier alpha value is -3.47. The number of hydrogen-bond acceptors (Lipinski definition) is 2. The zero-order valence-electron chi connectivity index (χ0n) is 17.2. The van der Waals surface area contributed by atoms with Gasteiger partial charge in [-0.05, 0) is 65.9 Å². The molecule has 1 saturated heterocycles. The van der Waals surface area contributed by atoms with Crippen LogP contribution in [0.5, 0.6) is 0 Å². The molecule has 0 N–H and O–H groups in total. The quantitative estimate of drug-likeness (QED) is 0.461. The maximum Gasteiger partial charge on any atom is 0.209 e. The molecule has 2 heterocycles. The fourth-order valence-corrected chi connectivity index (χ4v) is 5.85. The van der Waals surface area contributed by atoms with Gasteiger partial charge in [0.1, 0.15) is 5.82 Å². The van der Waals surface area contributed by atoms with Crippen molar-refractivity contribution >= 4 is 17.3 Å². The van der Waals surface area contributed by atoms with E-state index in [1.165, 1.54) is 28.8 Å². The van der Waals surface area contributed by atoms with E-state index in [0.29, 0.717) is 11.8 Å². The molecule has 1 saturated carbocycles. The Morgan fingerprint density at radius 3 is 2.61 bits per heavy atom. The van der Waals surface area contributed by atoms with Crippen LogP contribution in [0.2, 0.25) is 0 Å². The van der Waals surface area contributed by atoms with E-state index in [1.807, 2.05) is 21.8 Å². The van der Waals surface area contributed by atoms with E-state index in [1.54, 1.807) is 12.1 Å². The highest BCUT2D eigenvalue weighted by atomic mass is 19.1. The van der Waals surface area contributed by atoms with Crippen LogP contribution in [0.4, 0.5) is 4.39 Å². The lowest BCUT2D eigenvalue weighted by Crippen LogP contribution is -2.28. The molecule has 1 amide bonds. The molecular weight excluding hydrogens is 389 g/mol. The molecule has 1 aliphatic carbocycles. The van der Waals surface area contributed by atoms with Gasteiger partial charge in [-0.15, -0.1) is 0 Å². The van der Waals surface area contributed by atoms with Gasteiger partial charge < -0.3 is 4.90 Å². The van der Waals surface area contributed by atoms with Crippen LogP contribution in [0.25, 0.3) is 16.6 Å². The zero-order valence-corrected chi connectivity index (χ0v) is 17.2. The van der Waals surface area contributed by atoms with E-state index in [2.05, 4.69) is 48.4 Å². The summed E-state index contributed by atoms with van der Waals surface area (Å²) in [7, 11) is 0. The normalized spacial score (nSPS) is 24.4. The molecule has 0 unspecified atom stereocenters. The summed E-state index contributed by atoms with van der Waals surface area (Å²) >= 11 is 0. The first-order valence-corrected chi connectivity index (χ1v) is 10.6. The summed E-state index contributed by atoms with van der Waals surface area (Å²) in [6.07, 6.45) is 2.86. The Bertz CT molecular complexity index is 1300. The number of benzene rings is 3. The number of fused-ring (bicyclic) bond motifs is 2. The minimum absolute atomic E-state index is 0.0431. The van der Waals surface area contributed by atoms with Crippen molar-refractivity contribution in [1.82, 2.24) is 14.7 Å². The molecule has 0 spiro atoms. The number of carbonyl (C=O) groups is 1. The standard InChI is InChI=1S/C26H22FN3O/c1-17-11-24-19(13-28-30(24)21-9-7-20(27)8-10-21)12-22(17)26-15-29(16-31)14-23(26)25(26)18-5-3-2-4-6-18/h2-13,16,23,25H,14-15H2,1H3/t23-,25-,26+/m1/s1. The molecule has 2 fully saturated rings. The Labute approximate surface area is 179 Å². The lowest BCUT2D eigenvalue weighted by Gasteiger charge is -2.23. The van der Waals surface area contributed by atoms with Crippen LogP contribution in [0, 0.1) is 18.7 Å². The molecule has 3 atom stereocenters. The molecule has 1 aromatic heterocycles. The number of aryl methyl sites for hydroxylation is 1. The van der Waals surface area contributed by atoms with Crippen molar-refractivity contribution < 1.29 is 9.18 Å². The van der Waals surface area contributed by atoms with Gasteiger partial charge >= 0.3 is 0 Å². The summed E-state index contributed by atoms with van der Waals surface area (Å²) in [4.78, 5) is 13.5. The second-order valence-electron chi connectivity index (χ2n) is 8.83. The minimum atomic E-state index is -0.259. The lowest BCUT2D eigenvalue weighted by atomic mass is 9.86. The Morgan fingerprint density at radius 1 is 1.10 bits per heavy atom. The van der Waals surface area contributed by atoms with Crippen LogP contribution in [0.3, 0.4) is 0 Å². The van der Waals surface area contributed by atoms with Crippen LogP contribution in [0.15, 0.2) is 72.9 Å². The van der Waals surface area contributed by atoms with Crippen molar-refractivity contribution in [2.24, 2.45) is 5.92 Å². The lowest BCUT2D eigenvalue weighted by molar-refractivity contribution is -0.117. The van der Waals surface area contributed by atoms with Crippen LogP contribution in [-0.2, 0) is 10.2 Å². The first kappa shape index (κ1) is 18.3. The average Bonchev–Trinajstić information content (AvgIpc) is 3.07. The number of nitrogens with zero attached hydrogens (tertiary/aromatic N) is 3. The highest BCUT2D eigenvalue weighted by molar-refractivity contribution is 5.83. The van der Waals surface area contributed by atoms with Crippen LogP contribution < -0.4 is 0 Å². The molecule has 4 aromatic rings. The Kier molecular flexibility index (Phi) is 3.85. The summed E-state index contributed by atoms with van der Waals surface area (Å²) in [5.74, 6) is 0.599. The summed E-state index contributed by atoms with van der Waals surface area (Å²) in [5, 5.41) is 5.63. The van der Waals surface area contributed by atoms with E-state index in [0.717, 1.165) is 36.1 Å². The summed E-state index contributed by atoms with van der Waals surface area (Å²) in [5.41, 5.74) is 5.65. The van der Waals surface area contributed by atoms with Gasteiger partial charge in [0.05, 0.1) is 17.4 Å². The Balaban J connectivity index is 1.47. The predicted molar refractivity (Wildman–Crippen MR) is 118 cm³/mol. The van der Waals surface area contributed by atoms with E-state index in [4.69, 9.17) is 0 Å². The number of likely N-dealkylation sites (tertiary alicyclic amines) is 1. The third kappa shape index (κ3) is 2.59. The predicted octanol–water partition coefficient (Wildman–Crippen LogP) is 4.60. The van der Waals surface area contributed by atoms with Crippen molar-refractivity contribution in [1.29, 1.82) is 0 Å². The van der Waals surface area contributed by atoms with Gasteiger partial charge in [-0.1, -0.05) is 30.3 Å². The van der Waals surface area contributed by atoms with E-state index < -0.39 is 0 Å². The van der Waals surface area contributed by atoms with Gasteiger partial charge in [0.25, 0.3) is 0 Å². The van der Waals surface area contributed by atoms with Crippen molar-refractivity contribution in [3.05, 3.63) is 95.4 Å². The maximum absolute atomic E-state index is 13.4. The monoisotopic (exact) mass is 411 g/mol. The molecular formula is C26H22FN3O. The molecule has 0 bridgehead atoms. The third-order valence-corrected chi connectivity index (χ3v) is 7.20. The van der Waals surface area contributed by atoms with Gasteiger partial charge in [-0.2, -0.15) is 5.10 Å². The topological polar surface area (TPSA) is 38.1 Å². The SMILES string of the molecule is Cc1cc2c(cnn2-c2ccc(F)cc2)cc1[C@@]12CN(C=O)C[C@@H]1[C@H]2c1ccccc1. The van der Waals surface area contributed by atoms with Gasteiger partial charge in [0.2, 0.25) is 6.41 Å². The van der Waals surface area contributed by atoms with Crippen molar-refractivity contribution in [2.75, 3.05) is 13.1 Å². The zero-order chi connectivity index (χ0) is 21.2. The third-order valence-electron chi connectivity index (χ3n) is 7.20.